The Balaban J connectivity index is 1.32. The van der Waals surface area contributed by atoms with E-state index in [0.717, 1.165) is 30.0 Å². The van der Waals surface area contributed by atoms with Gasteiger partial charge in [0.2, 0.25) is 0 Å². The number of aromatic nitrogens is 2. The lowest BCUT2D eigenvalue weighted by Gasteiger charge is -2.44. The number of aryl methyl sites for hydroxylation is 2. The third-order valence-electron chi connectivity index (χ3n) is 6.38. The Labute approximate surface area is 169 Å². The number of hydrogen-bond acceptors (Lipinski definition) is 4. The van der Waals surface area contributed by atoms with Crippen molar-refractivity contribution in [3.05, 3.63) is 46.7 Å². The summed E-state index contributed by atoms with van der Waals surface area (Å²) in [6.07, 6.45) is 3.17. The van der Waals surface area contributed by atoms with Gasteiger partial charge in [-0.25, -0.2) is 9.37 Å². The van der Waals surface area contributed by atoms with E-state index in [0.29, 0.717) is 24.8 Å². The molecule has 2 aliphatic rings. The lowest BCUT2D eigenvalue weighted by atomic mass is 9.79. The highest BCUT2D eigenvalue weighted by atomic mass is 32.1. The summed E-state index contributed by atoms with van der Waals surface area (Å²) < 4.78 is 14.6. The molecule has 1 saturated carbocycles. The topological polar surface area (TPSA) is 29.0 Å². The lowest BCUT2D eigenvalue weighted by molar-refractivity contribution is 0.0610. The SMILES string of the molecule is Cc1ccc(-c2ccc3nc([C@H]4C[C@H](N5CCC(F)CC5)C4)sc3c2)c(C)n1. The first-order valence-corrected chi connectivity index (χ1v) is 11.1. The van der Waals surface area contributed by atoms with Gasteiger partial charge in [0.1, 0.15) is 6.17 Å². The Morgan fingerprint density at radius 3 is 2.57 bits per heavy atom. The number of benzene rings is 1. The number of alkyl halides is 1. The molecule has 0 bridgehead atoms. The molecule has 1 aliphatic heterocycles. The number of thiazole rings is 1. The van der Waals surface area contributed by atoms with Crippen molar-refractivity contribution in [1.82, 2.24) is 14.9 Å². The summed E-state index contributed by atoms with van der Waals surface area (Å²) in [6.45, 7) is 5.95. The monoisotopic (exact) mass is 395 g/mol. The van der Waals surface area contributed by atoms with Crippen LogP contribution in [0.15, 0.2) is 30.3 Å². The van der Waals surface area contributed by atoms with Crippen LogP contribution in [0.25, 0.3) is 21.3 Å². The molecule has 0 spiro atoms. The van der Waals surface area contributed by atoms with Crippen LogP contribution >= 0.6 is 11.3 Å². The van der Waals surface area contributed by atoms with E-state index in [1.54, 1.807) is 0 Å². The molecule has 5 rings (SSSR count). The van der Waals surface area contributed by atoms with E-state index in [-0.39, 0.29) is 0 Å². The van der Waals surface area contributed by atoms with E-state index in [2.05, 4.69) is 47.1 Å². The van der Waals surface area contributed by atoms with Crippen LogP contribution in [-0.2, 0) is 0 Å². The average molecular weight is 396 g/mol. The summed E-state index contributed by atoms with van der Waals surface area (Å²) in [6, 6.07) is 11.4. The molecule has 0 unspecified atom stereocenters. The zero-order valence-corrected chi connectivity index (χ0v) is 17.3. The Morgan fingerprint density at radius 1 is 1.04 bits per heavy atom. The van der Waals surface area contributed by atoms with E-state index < -0.39 is 6.17 Å². The molecule has 3 heterocycles. The molecule has 1 aromatic carbocycles. The van der Waals surface area contributed by atoms with Crippen LogP contribution in [0.1, 0.15) is 48.0 Å². The number of rotatable bonds is 3. The highest BCUT2D eigenvalue weighted by molar-refractivity contribution is 7.18. The molecule has 2 aromatic heterocycles. The zero-order chi connectivity index (χ0) is 19.3. The largest absolute Gasteiger partial charge is 0.300 e. The number of fused-ring (bicyclic) bond motifs is 1. The minimum absolute atomic E-state index is 0.566. The summed E-state index contributed by atoms with van der Waals surface area (Å²) in [4.78, 5) is 12.0. The van der Waals surface area contributed by atoms with Gasteiger partial charge in [-0.3, -0.25) is 4.98 Å². The molecule has 1 aliphatic carbocycles. The quantitative estimate of drug-likeness (QED) is 0.573. The summed E-state index contributed by atoms with van der Waals surface area (Å²) in [5.41, 5.74) is 5.64. The molecule has 2 fully saturated rings. The van der Waals surface area contributed by atoms with Crippen molar-refractivity contribution in [3.63, 3.8) is 0 Å². The lowest BCUT2D eigenvalue weighted by Crippen LogP contribution is -2.47. The maximum atomic E-state index is 13.4. The Hall–Kier alpha value is -1.85. The summed E-state index contributed by atoms with van der Waals surface area (Å²) >= 11 is 1.84. The first-order chi connectivity index (χ1) is 13.6. The van der Waals surface area contributed by atoms with Gasteiger partial charge in [0.25, 0.3) is 0 Å². The fraction of sp³-hybridized carbons (Fsp3) is 0.478. The van der Waals surface area contributed by atoms with Gasteiger partial charge in [0, 0.05) is 42.0 Å². The van der Waals surface area contributed by atoms with Crippen LogP contribution in [0, 0.1) is 13.8 Å². The first-order valence-electron chi connectivity index (χ1n) is 10.3. The number of hydrogen-bond donors (Lipinski definition) is 0. The second-order valence-electron chi connectivity index (χ2n) is 8.35. The van der Waals surface area contributed by atoms with Crippen LogP contribution in [0.4, 0.5) is 4.39 Å². The molecule has 1 saturated heterocycles. The second kappa shape index (κ2) is 7.20. The maximum absolute atomic E-state index is 13.4. The van der Waals surface area contributed by atoms with Crippen LogP contribution < -0.4 is 0 Å². The number of nitrogens with zero attached hydrogens (tertiary/aromatic N) is 3. The molecular formula is C23H26FN3S. The van der Waals surface area contributed by atoms with Crippen molar-refractivity contribution in [2.24, 2.45) is 0 Å². The Bertz CT molecular complexity index is 1000. The van der Waals surface area contributed by atoms with Gasteiger partial charge in [-0.05, 0) is 63.3 Å². The fourth-order valence-electron chi connectivity index (χ4n) is 4.60. The van der Waals surface area contributed by atoms with Gasteiger partial charge < -0.3 is 4.90 Å². The molecule has 146 valence electrons. The van der Waals surface area contributed by atoms with Crippen molar-refractivity contribution < 1.29 is 4.39 Å². The first kappa shape index (κ1) is 18.2. The van der Waals surface area contributed by atoms with E-state index >= 15 is 0 Å². The Morgan fingerprint density at radius 2 is 1.82 bits per heavy atom. The minimum atomic E-state index is -0.585. The minimum Gasteiger partial charge on any atom is -0.300 e. The molecule has 3 aromatic rings. The number of likely N-dealkylation sites (tertiary alicyclic amines) is 1. The number of piperidine rings is 1. The third kappa shape index (κ3) is 3.35. The second-order valence-corrected chi connectivity index (χ2v) is 9.42. The molecule has 0 radical (unpaired) electrons. The van der Waals surface area contributed by atoms with Crippen molar-refractivity contribution in [2.45, 2.75) is 57.7 Å². The van der Waals surface area contributed by atoms with Crippen molar-refractivity contribution in [3.8, 4) is 11.1 Å². The van der Waals surface area contributed by atoms with Crippen LogP contribution in [0.2, 0.25) is 0 Å². The predicted octanol–water partition coefficient (Wildman–Crippen LogP) is 5.66. The third-order valence-corrected chi connectivity index (χ3v) is 7.56. The molecule has 0 N–H and O–H groups in total. The Kier molecular flexibility index (Phi) is 4.68. The molecule has 0 atom stereocenters. The molecule has 5 heteroatoms. The van der Waals surface area contributed by atoms with Crippen molar-refractivity contribution in [2.75, 3.05) is 13.1 Å². The smallest absolute Gasteiger partial charge is 0.103 e. The van der Waals surface area contributed by atoms with Gasteiger partial charge in [-0.15, -0.1) is 11.3 Å². The van der Waals surface area contributed by atoms with E-state index in [4.69, 9.17) is 4.98 Å². The maximum Gasteiger partial charge on any atom is 0.103 e. The molecular weight excluding hydrogens is 369 g/mol. The average Bonchev–Trinajstić information content (AvgIpc) is 3.04. The summed E-state index contributed by atoms with van der Waals surface area (Å²) in [5, 5.41) is 1.27. The van der Waals surface area contributed by atoms with Crippen LogP contribution in [0.3, 0.4) is 0 Å². The normalized spacial score (nSPS) is 23.8. The van der Waals surface area contributed by atoms with Gasteiger partial charge in [0.05, 0.1) is 15.2 Å². The predicted molar refractivity (Wildman–Crippen MR) is 114 cm³/mol. The standard InChI is InChI=1S/C23H26FN3S/c1-14-3-5-20(15(2)25-14)16-4-6-21-22(13-16)28-23(26-21)17-11-19(12-17)27-9-7-18(24)8-10-27/h3-6,13,17-19H,7-12H2,1-2H3/t17-,19-. The zero-order valence-electron chi connectivity index (χ0n) is 16.5. The summed E-state index contributed by atoms with van der Waals surface area (Å²) in [7, 11) is 0. The van der Waals surface area contributed by atoms with Gasteiger partial charge in [0.15, 0.2) is 0 Å². The number of halogens is 1. The summed E-state index contributed by atoms with van der Waals surface area (Å²) in [5.74, 6) is 0.566. The van der Waals surface area contributed by atoms with Crippen molar-refractivity contribution in [1.29, 1.82) is 0 Å². The molecule has 3 nitrogen and oxygen atoms in total. The van der Waals surface area contributed by atoms with Crippen LogP contribution in [-0.4, -0.2) is 40.2 Å². The highest BCUT2D eigenvalue weighted by Gasteiger charge is 2.37. The van der Waals surface area contributed by atoms with E-state index in [1.165, 1.54) is 33.7 Å². The van der Waals surface area contributed by atoms with Crippen molar-refractivity contribution >= 4 is 21.6 Å². The highest BCUT2D eigenvalue weighted by Crippen LogP contribution is 2.43. The van der Waals surface area contributed by atoms with E-state index in [1.807, 2.05) is 18.3 Å². The van der Waals surface area contributed by atoms with Gasteiger partial charge >= 0.3 is 0 Å². The molecule has 0 amide bonds. The number of pyridine rings is 1. The van der Waals surface area contributed by atoms with Gasteiger partial charge in [-0.2, -0.15) is 0 Å². The fourth-order valence-corrected chi connectivity index (χ4v) is 5.73. The van der Waals surface area contributed by atoms with E-state index in [9.17, 15) is 4.39 Å². The van der Waals surface area contributed by atoms with Crippen LogP contribution in [0.5, 0.6) is 0 Å². The van der Waals surface area contributed by atoms with Gasteiger partial charge in [-0.1, -0.05) is 12.1 Å². The molecule has 28 heavy (non-hydrogen) atoms.